The van der Waals surface area contributed by atoms with Gasteiger partial charge in [0.1, 0.15) is 6.10 Å². The van der Waals surface area contributed by atoms with E-state index in [2.05, 4.69) is 54.6 Å². The predicted octanol–water partition coefficient (Wildman–Crippen LogP) is 6.44. The summed E-state index contributed by atoms with van der Waals surface area (Å²) in [5.74, 6) is -0.263. The molecule has 0 aliphatic heterocycles. The number of hydrogen-bond acceptors (Lipinski definition) is 7. The highest BCUT2D eigenvalue weighted by Gasteiger charge is 2.40. The second-order valence-electron chi connectivity index (χ2n) is 12.9. The zero-order chi connectivity index (χ0) is 31.3. The Morgan fingerprint density at radius 1 is 0.950 bits per heavy atom. The van der Waals surface area contributed by atoms with Crippen molar-refractivity contribution in [2.24, 2.45) is 17.8 Å². The smallest absolute Gasteiger partial charge is 0.335 e. The molecule has 0 rings (SSSR count). The number of hydrogen-bond donors (Lipinski definition) is 0. The highest BCUT2D eigenvalue weighted by atomic mass is 28.4. The lowest BCUT2D eigenvalue weighted by Gasteiger charge is -2.40. The van der Waals surface area contributed by atoms with Crippen LogP contribution in [0.15, 0.2) is 12.3 Å². The third-order valence-electron chi connectivity index (χ3n) is 8.70. The van der Waals surface area contributed by atoms with Crippen LogP contribution in [0.5, 0.6) is 0 Å². The second kappa shape index (κ2) is 18.3. The van der Waals surface area contributed by atoms with Crippen LogP contribution in [-0.2, 0) is 33.0 Å². The fourth-order valence-electron chi connectivity index (χ4n) is 4.63. The third-order valence-corrected chi connectivity index (χ3v) is 13.2. The van der Waals surface area contributed by atoms with Crippen LogP contribution >= 0.6 is 0 Å². The van der Waals surface area contributed by atoms with Crippen LogP contribution in [0.25, 0.3) is 0 Å². The molecule has 0 bridgehead atoms. The molecule has 0 radical (unpaired) electrons. The molecule has 0 aromatic heterocycles. The molecule has 0 unspecified atom stereocenters. The van der Waals surface area contributed by atoms with E-state index in [0.717, 1.165) is 25.7 Å². The minimum Gasteiger partial charge on any atom is -0.460 e. The highest BCUT2D eigenvalue weighted by molar-refractivity contribution is 6.74. The Hall–Kier alpha value is -1.26. The summed E-state index contributed by atoms with van der Waals surface area (Å²) in [4.78, 5) is 25.2. The average molecular weight is 588 g/mol. The second-order valence-corrected chi connectivity index (χ2v) is 17.6. The van der Waals surface area contributed by atoms with Crippen molar-refractivity contribution in [1.29, 1.82) is 0 Å². The lowest BCUT2D eigenvalue weighted by molar-refractivity contribution is -0.166. The Bertz CT molecular complexity index is 754. The van der Waals surface area contributed by atoms with Gasteiger partial charge in [-0.3, -0.25) is 4.79 Å². The zero-order valence-electron chi connectivity index (χ0n) is 28.0. The molecule has 0 N–H and O–H groups in total. The number of esters is 1. The molecule has 8 atom stereocenters. The summed E-state index contributed by atoms with van der Waals surface area (Å²) in [5, 5.41) is 0.147. The minimum atomic E-state index is -1.90. The first-order valence-electron chi connectivity index (χ1n) is 14.8. The Balaban J connectivity index is 5.71. The predicted molar refractivity (Wildman–Crippen MR) is 165 cm³/mol. The number of carbonyl (C=O) groups excluding carboxylic acids is 2. The van der Waals surface area contributed by atoms with Crippen molar-refractivity contribution in [2.75, 3.05) is 28.4 Å². The molecule has 40 heavy (non-hydrogen) atoms. The summed E-state index contributed by atoms with van der Waals surface area (Å²) in [6.45, 7) is 21.5. The molecule has 0 heterocycles. The van der Waals surface area contributed by atoms with Gasteiger partial charge in [-0.25, -0.2) is 4.79 Å². The fraction of sp³-hybridized carbons (Fsp3) is 0.871. The molecular formula is C31H61NO7Si. The molecule has 236 valence electrons. The van der Waals surface area contributed by atoms with Gasteiger partial charge in [0.15, 0.2) is 14.4 Å². The molecule has 0 aromatic carbocycles. The largest absolute Gasteiger partial charge is 0.460 e. The van der Waals surface area contributed by atoms with Crippen LogP contribution in [0, 0.1) is 17.8 Å². The van der Waals surface area contributed by atoms with E-state index >= 15 is 0 Å². The normalized spacial score (nSPS) is 18.9. The molecule has 8 nitrogen and oxygen atoms in total. The maximum Gasteiger partial charge on any atom is 0.335 e. The summed E-state index contributed by atoms with van der Waals surface area (Å²) in [6.07, 6.45) is 6.56. The van der Waals surface area contributed by atoms with Gasteiger partial charge in [-0.05, 0) is 56.7 Å². The van der Waals surface area contributed by atoms with Gasteiger partial charge >= 0.3 is 5.97 Å². The number of carbonyl (C=O) groups is 2. The van der Waals surface area contributed by atoms with Crippen molar-refractivity contribution < 1.29 is 33.0 Å². The molecule has 0 aromatic rings. The molecule has 9 heteroatoms. The van der Waals surface area contributed by atoms with Crippen molar-refractivity contribution in [3.8, 4) is 0 Å². The van der Waals surface area contributed by atoms with Gasteiger partial charge in [-0.2, -0.15) is 0 Å². The maximum atomic E-state index is 12.8. The first-order valence-corrected chi connectivity index (χ1v) is 17.7. The number of nitrogens with zero attached hydrogens (tertiary/aromatic N) is 1. The van der Waals surface area contributed by atoms with Crippen LogP contribution in [-0.4, -0.2) is 84.5 Å². The van der Waals surface area contributed by atoms with Crippen LogP contribution in [0.4, 0.5) is 0 Å². The quantitative estimate of drug-likeness (QED) is 0.0920. The van der Waals surface area contributed by atoms with E-state index < -0.39 is 14.4 Å². The van der Waals surface area contributed by atoms with Crippen LogP contribution in [0.1, 0.15) is 81.1 Å². The Labute approximate surface area is 246 Å². The van der Waals surface area contributed by atoms with Gasteiger partial charge in [-0.15, -0.1) is 0 Å². The van der Waals surface area contributed by atoms with E-state index in [1.54, 1.807) is 34.4 Å². The van der Waals surface area contributed by atoms with Gasteiger partial charge in [0.2, 0.25) is 6.41 Å². The van der Waals surface area contributed by atoms with E-state index in [9.17, 15) is 9.59 Å². The van der Waals surface area contributed by atoms with Gasteiger partial charge in [0.05, 0.1) is 12.2 Å². The lowest BCUT2D eigenvalue weighted by atomic mass is 9.84. The maximum absolute atomic E-state index is 12.8. The van der Waals surface area contributed by atoms with E-state index in [1.165, 1.54) is 12.0 Å². The lowest BCUT2D eigenvalue weighted by Crippen LogP contribution is -2.45. The van der Waals surface area contributed by atoms with Gasteiger partial charge < -0.3 is 28.3 Å². The average Bonchev–Trinajstić information content (AvgIpc) is 2.90. The molecule has 0 saturated carbocycles. The molecule has 0 aliphatic rings. The van der Waals surface area contributed by atoms with Crippen molar-refractivity contribution in [1.82, 2.24) is 4.90 Å². The van der Waals surface area contributed by atoms with E-state index in [0.29, 0.717) is 6.42 Å². The minimum absolute atomic E-state index is 0.00889. The zero-order valence-corrected chi connectivity index (χ0v) is 29.0. The molecule has 0 spiro atoms. The fourth-order valence-corrected chi connectivity index (χ4v) is 6.08. The third kappa shape index (κ3) is 12.7. The summed E-state index contributed by atoms with van der Waals surface area (Å²) in [6, 6.07) is 0. The monoisotopic (exact) mass is 587 g/mol. The number of ether oxygens (including phenoxy) is 4. The number of rotatable bonds is 20. The van der Waals surface area contributed by atoms with Crippen molar-refractivity contribution in [2.45, 2.75) is 130 Å². The first kappa shape index (κ1) is 38.7. The molecular weight excluding hydrogens is 526 g/mol. The van der Waals surface area contributed by atoms with Gasteiger partial charge in [0.25, 0.3) is 0 Å². The van der Waals surface area contributed by atoms with Gasteiger partial charge in [-0.1, -0.05) is 54.5 Å². The van der Waals surface area contributed by atoms with Crippen LogP contribution in [0.2, 0.25) is 18.1 Å². The number of amides is 1. The summed E-state index contributed by atoms with van der Waals surface area (Å²) in [7, 11) is 4.73. The standard InChI is InChI=1S/C31H61NO7Si/c1-15-26(39-40(13,14)31(6,7)8)20-28(36-11)22(2)16-17-27(38-30(34)25(5)35-10)24(4)29(37-12)23(3)18-19-32(9)21-33/h18-19,21-29H,15-17,20H2,1-14H3/b19-18+/t22-,23+,24-,25+,26+,27+,28-,29+/m0/s1. The van der Waals surface area contributed by atoms with E-state index in [1.807, 2.05) is 13.0 Å². The highest BCUT2D eigenvalue weighted by Crippen LogP contribution is 2.38. The number of methoxy groups -OCH3 is 3. The Morgan fingerprint density at radius 2 is 1.55 bits per heavy atom. The Morgan fingerprint density at radius 3 is 2.00 bits per heavy atom. The van der Waals surface area contributed by atoms with Crippen molar-refractivity contribution in [3.05, 3.63) is 12.3 Å². The van der Waals surface area contributed by atoms with E-state index in [-0.39, 0.29) is 53.2 Å². The molecule has 0 saturated heterocycles. The van der Waals surface area contributed by atoms with Crippen molar-refractivity contribution >= 4 is 20.7 Å². The van der Waals surface area contributed by atoms with Crippen LogP contribution < -0.4 is 0 Å². The van der Waals surface area contributed by atoms with Crippen LogP contribution in [0.3, 0.4) is 0 Å². The SMILES string of the molecule is CC[C@H](C[C@H](OC)[C@@H](C)CC[C@@H](OC(=O)[C@@H](C)OC)[C@H](C)[C@H](OC)[C@H](C)/C=C/N(C)C=O)O[Si](C)(C)C(C)(C)C. The molecule has 0 fully saturated rings. The topological polar surface area (TPSA) is 83.5 Å². The molecule has 1 amide bonds. The summed E-state index contributed by atoms with van der Waals surface area (Å²) < 4.78 is 29.8. The van der Waals surface area contributed by atoms with E-state index in [4.69, 9.17) is 23.4 Å². The Kier molecular flexibility index (Phi) is 17.7. The van der Waals surface area contributed by atoms with Gasteiger partial charge in [0, 0.05) is 52.5 Å². The molecule has 0 aliphatic carbocycles. The van der Waals surface area contributed by atoms with Crippen molar-refractivity contribution in [3.63, 3.8) is 0 Å². The first-order chi connectivity index (χ1) is 18.5. The summed E-state index contributed by atoms with van der Waals surface area (Å²) >= 11 is 0. The summed E-state index contributed by atoms with van der Waals surface area (Å²) in [5.41, 5.74) is 0.